The number of nitrogens with zero attached hydrogens (tertiary/aromatic N) is 1. The van der Waals surface area contributed by atoms with E-state index in [9.17, 15) is 9.59 Å². The maximum absolute atomic E-state index is 11.9. The molecule has 124 valence electrons. The average molecular weight is 383 g/mol. The van der Waals surface area contributed by atoms with Crippen LogP contribution in [0.25, 0.3) is 0 Å². The number of carbonyl (C=O) groups is 1. The number of pyridine rings is 1. The minimum absolute atomic E-state index is 0.0483. The second-order valence-electron chi connectivity index (χ2n) is 4.78. The van der Waals surface area contributed by atoms with E-state index in [0.29, 0.717) is 31.8 Å². The quantitative estimate of drug-likeness (QED) is 0.629. The molecule has 8 heteroatoms. The van der Waals surface area contributed by atoms with Crippen LogP contribution in [-0.4, -0.2) is 16.7 Å². The number of H-pyrrole nitrogens is 1. The van der Waals surface area contributed by atoms with E-state index in [1.54, 1.807) is 25.1 Å². The largest absolute Gasteiger partial charge is 0.460 e. The Bertz CT molecular complexity index is 854. The van der Waals surface area contributed by atoms with E-state index < -0.39 is 5.97 Å². The van der Waals surface area contributed by atoms with Gasteiger partial charge >= 0.3 is 5.97 Å². The molecule has 0 aliphatic rings. The summed E-state index contributed by atoms with van der Waals surface area (Å²) in [5.74, 6) is -0.571. The maximum atomic E-state index is 11.9. The molecule has 0 saturated heterocycles. The van der Waals surface area contributed by atoms with Crippen molar-refractivity contribution in [2.24, 2.45) is 0 Å². The average Bonchev–Trinajstić information content (AvgIpc) is 2.52. The van der Waals surface area contributed by atoms with Crippen molar-refractivity contribution >= 4 is 40.9 Å². The molecule has 0 aliphatic heterocycles. The minimum atomic E-state index is -0.512. The third kappa shape index (κ3) is 4.54. The van der Waals surface area contributed by atoms with E-state index in [1.165, 1.54) is 6.07 Å². The summed E-state index contributed by atoms with van der Waals surface area (Å²) < 4.78 is 5.14. The van der Waals surface area contributed by atoms with E-state index >= 15 is 0 Å². The van der Waals surface area contributed by atoms with Crippen molar-refractivity contribution in [1.82, 2.24) is 4.98 Å². The Morgan fingerprint density at radius 3 is 2.67 bits per heavy atom. The summed E-state index contributed by atoms with van der Waals surface area (Å²) in [6.07, 6.45) is 0. The summed E-state index contributed by atoms with van der Waals surface area (Å²) in [5, 5.41) is 10.3. The van der Waals surface area contributed by atoms with Crippen LogP contribution in [0, 0.1) is 18.3 Å². The van der Waals surface area contributed by atoms with E-state index in [1.807, 2.05) is 6.07 Å². The molecule has 1 heterocycles. The molecular formula is C16H12Cl2N2O3S. The van der Waals surface area contributed by atoms with Crippen molar-refractivity contribution in [3.63, 3.8) is 0 Å². The molecule has 1 aromatic heterocycles. The summed E-state index contributed by atoms with van der Waals surface area (Å²) in [5.41, 5.74) is 1.09. The number of carbonyl (C=O) groups excluding carboxylic acids is 1. The number of aromatic nitrogens is 1. The zero-order valence-corrected chi connectivity index (χ0v) is 14.9. The lowest BCUT2D eigenvalue weighted by atomic mass is 10.2. The van der Waals surface area contributed by atoms with Crippen LogP contribution in [0.5, 0.6) is 0 Å². The van der Waals surface area contributed by atoms with Crippen LogP contribution in [-0.2, 0) is 16.1 Å². The Hall–Kier alpha value is -1.94. The highest BCUT2D eigenvalue weighted by molar-refractivity contribution is 7.99. The molecule has 5 nitrogen and oxygen atoms in total. The second kappa shape index (κ2) is 8.25. The normalized spacial score (nSPS) is 10.2. The third-order valence-corrected chi connectivity index (χ3v) is 4.77. The van der Waals surface area contributed by atoms with Gasteiger partial charge in [-0.2, -0.15) is 5.26 Å². The van der Waals surface area contributed by atoms with Gasteiger partial charge in [0.2, 0.25) is 5.56 Å². The van der Waals surface area contributed by atoms with Crippen LogP contribution in [0.4, 0.5) is 0 Å². The van der Waals surface area contributed by atoms with Gasteiger partial charge in [-0.05, 0) is 24.6 Å². The Labute approximate surface area is 152 Å². The minimum Gasteiger partial charge on any atom is -0.460 e. The number of ether oxygens (including phenoxy) is 1. The maximum Gasteiger partial charge on any atom is 0.316 e. The monoisotopic (exact) mass is 382 g/mol. The number of nitriles is 1. The van der Waals surface area contributed by atoms with Crippen molar-refractivity contribution in [2.45, 2.75) is 18.6 Å². The number of hydrogen-bond acceptors (Lipinski definition) is 5. The van der Waals surface area contributed by atoms with Crippen molar-refractivity contribution in [1.29, 1.82) is 5.26 Å². The van der Waals surface area contributed by atoms with Crippen LogP contribution in [0.3, 0.4) is 0 Å². The third-order valence-electron chi connectivity index (χ3n) is 3.09. The molecule has 0 aliphatic carbocycles. The zero-order chi connectivity index (χ0) is 17.7. The number of nitrogens with one attached hydrogen (secondary N) is 1. The summed E-state index contributed by atoms with van der Waals surface area (Å²) in [4.78, 5) is 25.9. The summed E-state index contributed by atoms with van der Waals surface area (Å²) in [6.45, 7) is 1.61. The van der Waals surface area contributed by atoms with E-state index in [-0.39, 0.29) is 17.9 Å². The van der Waals surface area contributed by atoms with Gasteiger partial charge in [0.1, 0.15) is 12.7 Å². The molecule has 0 unspecified atom stereocenters. The topological polar surface area (TPSA) is 82.9 Å². The number of hydrogen-bond donors (Lipinski definition) is 1. The lowest BCUT2D eigenvalue weighted by Gasteiger charge is -2.09. The molecular weight excluding hydrogens is 371 g/mol. The van der Waals surface area contributed by atoms with Gasteiger partial charge in [0, 0.05) is 21.7 Å². The lowest BCUT2D eigenvalue weighted by Crippen LogP contribution is -2.11. The van der Waals surface area contributed by atoms with Gasteiger partial charge in [0.25, 0.3) is 0 Å². The predicted octanol–water partition coefficient (Wildman–Crippen LogP) is 3.70. The first-order valence-corrected chi connectivity index (χ1v) is 8.52. The second-order valence-corrected chi connectivity index (χ2v) is 6.58. The summed E-state index contributed by atoms with van der Waals surface area (Å²) in [7, 11) is 0. The number of aryl methyl sites for hydroxylation is 1. The van der Waals surface area contributed by atoms with Gasteiger partial charge in [-0.1, -0.05) is 41.0 Å². The number of esters is 1. The van der Waals surface area contributed by atoms with E-state index in [4.69, 9.17) is 33.2 Å². The molecule has 0 spiro atoms. The first-order valence-electron chi connectivity index (χ1n) is 6.77. The Balaban J connectivity index is 2.00. The first-order chi connectivity index (χ1) is 11.4. The summed E-state index contributed by atoms with van der Waals surface area (Å²) in [6, 6.07) is 8.35. The van der Waals surface area contributed by atoms with Crippen molar-refractivity contribution in [2.75, 3.05) is 5.75 Å². The van der Waals surface area contributed by atoms with Gasteiger partial charge in [0.15, 0.2) is 0 Å². The number of benzene rings is 1. The van der Waals surface area contributed by atoms with Crippen molar-refractivity contribution in [3.8, 4) is 6.07 Å². The fourth-order valence-electron chi connectivity index (χ4n) is 1.90. The summed E-state index contributed by atoms with van der Waals surface area (Å²) >= 11 is 13.0. The fraction of sp³-hybridized carbons (Fsp3) is 0.188. The highest BCUT2D eigenvalue weighted by atomic mass is 35.5. The smallest absolute Gasteiger partial charge is 0.316 e. The lowest BCUT2D eigenvalue weighted by molar-refractivity contribution is -0.141. The highest BCUT2D eigenvalue weighted by Gasteiger charge is 2.13. The Morgan fingerprint density at radius 2 is 2.04 bits per heavy atom. The molecule has 0 fully saturated rings. The Morgan fingerprint density at radius 1 is 1.38 bits per heavy atom. The number of thioether (sulfide) groups is 1. The molecule has 0 bridgehead atoms. The molecule has 0 saturated carbocycles. The van der Waals surface area contributed by atoms with Crippen molar-refractivity contribution < 1.29 is 9.53 Å². The van der Waals surface area contributed by atoms with Crippen LogP contribution < -0.4 is 5.56 Å². The van der Waals surface area contributed by atoms with Gasteiger partial charge in [-0.3, -0.25) is 9.59 Å². The van der Waals surface area contributed by atoms with Gasteiger partial charge < -0.3 is 9.72 Å². The van der Waals surface area contributed by atoms with Crippen molar-refractivity contribution in [3.05, 3.63) is 61.4 Å². The number of aromatic amines is 1. The van der Waals surface area contributed by atoms with Crippen LogP contribution in [0.1, 0.15) is 16.7 Å². The molecule has 0 amide bonds. The molecule has 1 N–H and O–H groups in total. The highest BCUT2D eigenvalue weighted by Crippen LogP contribution is 2.25. The Kier molecular flexibility index (Phi) is 6.32. The van der Waals surface area contributed by atoms with Gasteiger partial charge in [-0.25, -0.2) is 0 Å². The van der Waals surface area contributed by atoms with Gasteiger partial charge in [0.05, 0.1) is 16.3 Å². The first kappa shape index (κ1) is 18.4. The molecule has 0 atom stereocenters. The number of rotatable bonds is 5. The predicted molar refractivity (Wildman–Crippen MR) is 93.5 cm³/mol. The SMILES string of the molecule is Cc1cc(=O)[nH]c(SCC(=O)OCc2c(Cl)cccc2Cl)c1C#N. The van der Waals surface area contributed by atoms with Crippen LogP contribution in [0.2, 0.25) is 10.0 Å². The van der Waals surface area contributed by atoms with E-state index in [0.717, 1.165) is 11.8 Å². The molecule has 2 aromatic rings. The molecule has 1 aromatic carbocycles. The van der Waals surface area contributed by atoms with Crippen LogP contribution in [0.15, 0.2) is 34.1 Å². The van der Waals surface area contributed by atoms with E-state index in [2.05, 4.69) is 4.98 Å². The van der Waals surface area contributed by atoms with Gasteiger partial charge in [-0.15, -0.1) is 0 Å². The standard InChI is InChI=1S/C16H12Cl2N2O3S/c1-9-5-14(21)20-16(10(9)6-19)24-8-15(22)23-7-11-12(17)3-2-4-13(11)18/h2-5H,7-8H2,1H3,(H,20,21). The molecule has 2 rings (SSSR count). The van der Waals surface area contributed by atoms with Crippen LogP contribution >= 0.6 is 35.0 Å². The molecule has 0 radical (unpaired) electrons. The number of halogens is 2. The zero-order valence-electron chi connectivity index (χ0n) is 12.6. The molecule has 24 heavy (non-hydrogen) atoms. The fourth-order valence-corrected chi connectivity index (χ4v) is 3.28.